The van der Waals surface area contributed by atoms with Crippen molar-refractivity contribution >= 4 is 17.7 Å². The molecule has 6 nitrogen and oxygen atoms in total. The van der Waals surface area contributed by atoms with Crippen molar-refractivity contribution in [1.82, 2.24) is 19.7 Å². The Balaban J connectivity index is 1.40. The van der Waals surface area contributed by atoms with Gasteiger partial charge in [0.05, 0.1) is 12.0 Å². The Hall–Kier alpha value is -1.76. The second-order valence-corrected chi connectivity index (χ2v) is 7.91. The van der Waals surface area contributed by atoms with E-state index in [1.165, 1.54) is 43.9 Å². The first kappa shape index (κ1) is 16.7. The molecule has 1 saturated carbocycles. The lowest BCUT2D eigenvalue weighted by atomic mass is 9.78. The van der Waals surface area contributed by atoms with Gasteiger partial charge in [-0.3, -0.25) is 4.79 Å². The third-order valence-electron chi connectivity index (χ3n) is 5.46. The number of amides is 1. The summed E-state index contributed by atoms with van der Waals surface area (Å²) in [6.07, 6.45) is 9.10. The lowest BCUT2D eigenvalue weighted by Gasteiger charge is -2.44. The van der Waals surface area contributed by atoms with Crippen LogP contribution in [-0.2, 0) is 11.8 Å². The molecule has 2 aliphatic rings. The van der Waals surface area contributed by atoms with Gasteiger partial charge >= 0.3 is 0 Å². The number of carbonyl (C=O) groups is 1. The molecule has 134 valence electrons. The van der Waals surface area contributed by atoms with Crippen molar-refractivity contribution in [3.05, 3.63) is 18.4 Å². The van der Waals surface area contributed by atoms with Crippen molar-refractivity contribution in [3.63, 3.8) is 0 Å². The van der Waals surface area contributed by atoms with Gasteiger partial charge in [0.15, 0.2) is 16.7 Å². The van der Waals surface area contributed by atoms with Gasteiger partial charge in [-0.25, -0.2) is 0 Å². The quantitative estimate of drug-likeness (QED) is 0.783. The van der Waals surface area contributed by atoms with Crippen LogP contribution >= 0.6 is 11.8 Å². The molecule has 3 heterocycles. The smallest absolute Gasteiger partial charge is 0.233 e. The van der Waals surface area contributed by atoms with E-state index in [-0.39, 0.29) is 5.91 Å². The molecule has 0 unspecified atom stereocenters. The number of furan rings is 1. The minimum absolute atomic E-state index is 0.240. The number of rotatable bonds is 4. The van der Waals surface area contributed by atoms with Crippen LogP contribution in [-0.4, -0.2) is 43.9 Å². The number of likely N-dealkylation sites (tertiary alicyclic amines) is 1. The maximum Gasteiger partial charge on any atom is 0.233 e. The third kappa shape index (κ3) is 3.34. The van der Waals surface area contributed by atoms with Crippen molar-refractivity contribution in [2.45, 2.75) is 49.7 Å². The maximum atomic E-state index is 12.8. The number of fused-ring (bicyclic) bond motifs is 1. The molecule has 0 bridgehead atoms. The lowest BCUT2D eigenvalue weighted by Crippen LogP contribution is -2.50. The van der Waals surface area contributed by atoms with Crippen molar-refractivity contribution < 1.29 is 9.21 Å². The van der Waals surface area contributed by atoms with Gasteiger partial charge in [-0.15, -0.1) is 10.2 Å². The number of nitrogens with zero attached hydrogens (tertiary/aromatic N) is 4. The standard InChI is InChI=1S/C18H24N4O2S/c1-21-17(15-9-5-11-24-15)19-20-18(21)25-12-16(23)22-10-4-7-13-6-2-3-8-14(13)22/h5,9,11,13-14H,2-4,6-8,10,12H2,1H3/t13-,14+/m1/s1. The molecule has 0 radical (unpaired) electrons. The zero-order chi connectivity index (χ0) is 17.2. The van der Waals surface area contributed by atoms with Gasteiger partial charge in [0.2, 0.25) is 5.91 Å². The van der Waals surface area contributed by atoms with E-state index in [9.17, 15) is 4.79 Å². The second kappa shape index (κ2) is 7.23. The molecule has 1 aliphatic heterocycles. The summed E-state index contributed by atoms with van der Waals surface area (Å²) in [5.41, 5.74) is 0. The number of hydrogen-bond acceptors (Lipinski definition) is 5. The van der Waals surface area contributed by atoms with E-state index in [0.717, 1.165) is 24.0 Å². The Labute approximate surface area is 152 Å². The van der Waals surface area contributed by atoms with Crippen molar-refractivity contribution in [3.8, 4) is 11.6 Å². The van der Waals surface area contributed by atoms with Gasteiger partial charge in [0.1, 0.15) is 0 Å². The van der Waals surface area contributed by atoms with Gasteiger partial charge in [-0.05, 0) is 43.7 Å². The highest BCUT2D eigenvalue weighted by Crippen LogP contribution is 2.35. The SMILES string of the molecule is Cn1c(SCC(=O)N2CCC[C@H]3CCCC[C@@H]32)nnc1-c1ccco1. The Morgan fingerprint density at radius 1 is 1.28 bits per heavy atom. The Bertz CT molecular complexity index is 726. The fourth-order valence-corrected chi connectivity index (χ4v) is 5.00. The molecule has 2 aromatic rings. The average molecular weight is 360 g/mol. The summed E-state index contributed by atoms with van der Waals surface area (Å²) in [6.45, 7) is 0.914. The summed E-state index contributed by atoms with van der Waals surface area (Å²) in [6, 6.07) is 4.16. The highest BCUT2D eigenvalue weighted by Gasteiger charge is 2.35. The second-order valence-electron chi connectivity index (χ2n) is 6.97. The van der Waals surface area contributed by atoms with E-state index in [4.69, 9.17) is 4.42 Å². The molecule has 2 aromatic heterocycles. The molecule has 1 aliphatic carbocycles. The molecule has 7 heteroatoms. The molecular formula is C18H24N4O2S. The number of aromatic nitrogens is 3. The van der Waals surface area contributed by atoms with E-state index in [1.54, 1.807) is 6.26 Å². The highest BCUT2D eigenvalue weighted by molar-refractivity contribution is 7.99. The van der Waals surface area contributed by atoms with Crippen LogP contribution in [0.2, 0.25) is 0 Å². The van der Waals surface area contributed by atoms with Crippen molar-refractivity contribution in [2.24, 2.45) is 13.0 Å². The van der Waals surface area contributed by atoms with Crippen LogP contribution in [0.5, 0.6) is 0 Å². The van der Waals surface area contributed by atoms with E-state index < -0.39 is 0 Å². The van der Waals surface area contributed by atoms with Crippen LogP contribution < -0.4 is 0 Å². The van der Waals surface area contributed by atoms with Crippen molar-refractivity contribution in [2.75, 3.05) is 12.3 Å². The molecule has 1 amide bonds. The van der Waals surface area contributed by atoms with Crippen LogP contribution in [0, 0.1) is 5.92 Å². The molecule has 0 aromatic carbocycles. The summed E-state index contributed by atoms with van der Waals surface area (Å²) in [4.78, 5) is 14.9. The van der Waals surface area contributed by atoms with Crippen LogP contribution in [0.3, 0.4) is 0 Å². The predicted molar refractivity (Wildman–Crippen MR) is 96.1 cm³/mol. The van der Waals surface area contributed by atoms with E-state index in [1.807, 2.05) is 23.7 Å². The normalized spacial score (nSPS) is 23.5. The maximum absolute atomic E-state index is 12.8. The molecule has 0 N–H and O–H groups in total. The number of thioether (sulfide) groups is 1. The molecule has 25 heavy (non-hydrogen) atoms. The van der Waals surface area contributed by atoms with Crippen LogP contribution in [0.25, 0.3) is 11.6 Å². The molecule has 4 rings (SSSR count). The fourth-order valence-electron chi connectivity index (χ4n) is 4.20. The molecule has 2 atom stereocenters. The van der Waals surface area contributed by atoms with E-state index in [2.05, 4.69) is 15.1 Å². The summed E-state index contributed by atoms with van der Waals surface area (Å²) in [5.74, 6) is 2.76. The highest BCUT2D eigenvalue weighted by atomic mass is 32.2. The summed E-state index contributed by atoms with van der Waals surface area (Å²) in [7, 11) is 1.91. The molecule has 2 fully saturated rings. The van der Waals surface area contributed by atoms with Gasteiger partial charge < -0.3 is 13.9 Å². The molecule has 0 spiro atoms. The Morgan fingerprint density at radius 2 is 2.12 bits per heavy atom. The zero-order valence-electron chi connectivity index (χ0n) is 14.6. The van der Waals surface area contributed by atoms with Gasteiger partial charge in [0, 0.05) is 19.6 Å². The van der Waals surface area contributed by atoms with Gasteiger partial charge in [-0.2, -0.15) is 0 Å². The zero-order valence-corrected chi connectivity index (χ0v) is 15.4. The van der Waals surface area contributed by atoms with Crippen molar-refractivity contribution in [1.29, 1.82) is 0 Å². The van der Waals surface area contributed by atoms with Gasteiger partial charge in [-0.1, -0.05) is 24.6 Å². The molecule has 1 saturated heterocycles. The first-order valence-corrected chi connectivity index (χ1v) is 10.1. The third-order valence-corrected chi connectivity index (χ3v) is 6.47. The molecular weight excluding hydrogens is 336 g/mol. The minimum atomic E-state index is 0.240. The summed E-state index contributed by atoms with van der Waals surface area (Å²) in [5, 5.41) is 9.15. The van der Waals surface area contributed by atoms with Crippen LogP contribution in [0.4, 0.5) is 0 Å². The van der Waals surface area contributed by atoms with E-state index in [0.29, 0.717) is 23.4 Å². The number of carbonyl (C=O) groups excluding carboxylic acids is 1. The van der Waals surface area contributed by atoms with E-state index >= 15 is 0 Å². The Morgan fingerprint density at radius 3 is 2.96 bits per heavy atom. The summed E-state index contributed by atoms with van der Waals surface area (Å²) < 4.78 is 7.27. The number of hydrogen-bond donors (Lipinski definition) is 0. The number of piperidine rings is 1. The average Bonchev–Trinajstić information content (AvgIpc) is 3.29. The first-order valence-electron chi connectivity index (χ1n) is 9.09. The predicted octanol–water partition coefficient (Wildman–Crippen LogP) is 3.35. The largest absolute Gasteiger partial charge is 0.461 e. The minimum Gasteiger partial charge on any atom is -0.461 e. The fraction of sp³-hybridized carbons (Fsp3) is 0.611. The van der Waals surface area contributed by atoms with Crippen LogP contribution in [0.15, 0.2) is 28.0 Å². The Kier molecular flexibility index (Phi) is 4.83. The van der Waals surface area contributed by atoms with Gasteiger partial charge in [0.25, 0.3) is 0 Å². The first-order chi connectivity index (χ1) is 12.2. The van der Waals surface area contributed by atoms with Crippen LogP contribution in [0.1, 0.15) is 38.5 Å². The monoisotopic (exact) mass is 360 g/mol. The summed E-state index contributed by atoms with van der Waals surface area (Å²) >= 11 is 1.46. The lowest BCUT2D eigenvalue weighted by molar-refractivity contribution is -0.134. The topological polar surface area (TPSA) is 64.2 Å².